The average Bonchev–Trinajstić information content (AvgIpc) is 3.35. The zero-order valence-corrected chi connectivity index (χ0v) is 16.6. The Hall–Kier alpha value is -3.61. The molecule has 2 atom stereocenters. The zero-order chi connectivity index (χ0) is 20.4. The molecule has 1 aromatic carbocycles. The normalized spacial score (nSPS) is 20.6. The molecule has 0 N–H and O–H groups in total. The van der Waals surface area contributed by atoms with Gasteiger partial charge >= 0.3 is 0 Å². The molecule has 7 nitrogen and oxygen atoms in total. The van der Waals surface area contributed by atoms with E-state index in [9.17, 15) is 9.59 Å². The van der Waals surface area contributed by atoms with Gasteiger partial charge in [-0.2, -0.15) is 5.10 Å². The van der Waals surface area contributed by atoms with E-state index in [-0.39, 0.29) is 23.9 Å². The number of amides is 2. The number of carbonyl (C=O) groups excluding carboxylic acids is 2. The summed E-state index contributed by atoms with van der Waals surface area (Å²) >= 11 is 0. The van der Waals surface area contributed by atoms with Gasteiger partial charge in [-0.05, 0) is 30.7 Å². The minimum absolute atomic E-state index is 0.00848. The molecule has 7 heteroatoms. The summed E-state index contributed by atoms with van der Waals surface area (Å²) in [7, 11) is 1.93. The Kier molecular flexibility index (Phi) is 3.56. The van der Waals surface area contributed by atoms with Gasteiger partial charge in [-0.3, -0.25) is 9.59 Å². The second-order valence-corrected chi connectivity index (χ2v) is 8.20. The Balaban J connectivity index is 1.24. The molecule has 0 aliphatic carbocycles. The summed E-state index contributed by atoms with van der Waals surface area (Å²) in [5.41, 5.74) is 3.18. The van der Waals surface area contributed by atoms with Crippen LogP contribution in [0.2, 0.25) is 0 Å². The molecular weight excluding hydrogens is 378 g/mol. The fraction of sp³-hybridized carbons (Fsp3) is 0.261. The van der Waals surface area contributed by atoms with Crippen LogP contribution in [0.5, 0.6) is 0 Å². The van der Waals surface area contributed by atoms with E-state index in [4.69, 9.17) is 0 Å². The standard InChI is InChI=1S/C23H21N5O2/c1-25-19-7-3-2-6-15(19)10-21(25)23(30)26-13-16-11-17(14-26)28(16)22(29)18-12-24-27-9-5-4-8-20(18)27/h2-10,12,16-17H,11,13-14H2,1H3/t16-,17?/m1/s1. The highest BCUT2D eigenvalue weighted by Crippen LogP contribution is 2.35. The molecule has 150 valence electrons. The van der Waals surface area contributed by atoms with E-state index in [0.717, 1.165) is 22.8 Å². The van der Waals surface area contributed by atoms with Gasteiger partial charge in [0.25, 0.3) is 11.8 Å². The van der Waals surface area contributed by atoms with Crippen molar-refractivity contribution in [2.45, 2.75) is 18.5 Å². The maximum absolute atomic E-state index is 13.2. The molecule has 1 unspecified atom stereocenters. The number of carbonyl (C=O) groups is 2. The van der Waals surface area contributed by atoms with Crippen molar-refractivity contribution in [1.82, 2.24) is 24.0 Å². The molecule has 4 aromatic rings. The zero-order valence-electron chi connectivity index (χ0n) is 16.6. The number of fused-ring (bicyclic) bond motifs is 4. The van der Waals surface area contributed by atoms with Crippen LogP contribution < -0.4 is 0 Å². The molecule has 30 heavy (non-hydrogen) atoms. The Morgan fingerprint density at radius 2 is 1.70 bits per heavy atom. The lowest BCUT2D eigenvalue weighted by Gasteiger charge is -2.56. The third-order valence-corrected chi connectivity index (χ3v) is 6.54. The Labute approximate surface area is 173 Å². The van der Waals surface area contributed by atoms with Crippen LogP contribution in [-0.4, -0.2) is 61.0 Å². The number of para-hydroxylation sites is 1. The summed E-state index contributed by atoms with van der Waals surface area (Å²) in [6.45, 7) is 1.14. The highest BCUT2D eigenvalue weighted by atomic mass is 16.2. The predicted octanol–water partition coefficient (Wildman–Crippen LogP) is 2.57. The first kappa shape index (κ1) is 17.3. The van der Waals surface area contributed by atoms with Crippen LogP contribution >= 0.6 is 0 Å². The van der Waals surface area contributed by atoms with Crippen LogP contribution in [0.4, 0.5) is 0 Å². The van der Waals surface area contributed by atoms with Crippen molar-refractivity contribution in [3.8, 4) is 0 Å². The monoisotopic (exact) mass is 399 g/mol. The van der Waals surface area contributed by atoms with Gasteiger partial charge in [0.1, 0.15) is 5.69 Å². The number of hydrogen-bond acceptors (Lipinski definition) is 3. The van der Waals surface area contributed by atoms with Gasteiger partial charge in [0.15, 0.2) is 0 Å². The highest BCUT2D eigenvalue weighted by Gasteiger charge is 2.49. The number of nitrogens with zero attached hydrogens (tertiary/aromatic N) is 5. The van der Waals surface area contributed by atoms with Gasteiger partial charge in [-0.15, -0.1) is 0 Å². The maximum atomic E-state index is 13.2. The minimum Gasteiger partial charge on any atom is -0.340 e. The van der Waals surface area contributed by atoms with E-state index < -0.39 is 0 Å². The minimum atomic E-state index is 0.00848. The second kappa shape index (κ2) is 6.19. The fourth-order valence-electron chi connectivity index (χ4n) is 5.00. The number of pyridine rings is 1. The number of piperidine rings is 1. The van der Waals surface area contributed by atoms with Crippen LogP contribution in [-0.2, 0) is 7.05 Å². The molecule has 3 aliphatic heterocycles. The van der Waals surface area contributed by atoms with Gasteiger partial charge in [0.2, 0.25) is 0 Å². The van der Waals surface area contributed by atoms with Gasteiger partial charge in [0.05, 0.1) is 29.4 Å². The lowest BCUT2D eigenvalue weighted by molar-refractivity contribution is -0.0398. The molecule has 0 spiro atoms. The van der Waals surface area contributed by atoms with Gasteiger partial charge in [-0.1, -0.05) is 24.3 Å². The Bertz CT molecular complexity index is 1310. The van der Waals surface area contributed by atoms with Crippen molar-refractivity contribution >= 4 is 28.2 Å². The summed E-state index contributed by atoms with van der Waals surface area (Å²) in [5, 5.41) is 5.35. The van der Waals surface area contributed by atoms with Gasteiger partial charge in [0, 0.05) is 37.2 Å². The predicted molar refractivity (Wildman–Crippen MR) is 112 cm³/mol. The summed E-state index contributed by atoms with van der Waals surface area (Å²) in [4.78, 5) is 30.3. The lowest BCUT2D eigenvalue weighted by Crippen LogP contribution is -2.70. The molecule has 6 heterocycles. The molecule has 7 rings (SSSR count). The van der Waals surface area contributed by atoms with Gasteiger partial charge < -0.3 is 14.4 Å². The molecule has 3 aromatic heterocycles. The summed E-state index contributed by atoms with van der Waals surface area (Å²) in [6.07, 6.45) is 4.43. The van der Waals surface area contributed by atoms with Crippen LogP contribution in [0.15, 0.2) is 60.9 Å². The second-order valence-electron chi connectivity index (χ2n) is 8.20. The van der Waals surface area contributed by atoms with E-state index >= 15 is 0 Å². The number of piperazine rings is 1. The van der Waals surface area contributed by atoms with Crippen molar-refractivity contribution in [1.29, 1.82) is 0 Å². The molecule has 2 amide bonds. The summed E-state index contributed by atoms with van der Waals surface area (Å²) in [6, 6.07) is 15.8. The van der Waals surface area contributed by atoms with Crippen molar-refractivity contribution < 1.29 is 9.59 Å². The van der Waals surface area contributed by atoms with Crippen molar-refractivity contribution in [3.63, 3.8) is 0 Å². The lowest BCUT2D eigenvalue weighted by atomic mass is 9.86. The van der Waals surface area contributed by atoms with Crippen LogP contribution in [0.25, 0.3) is 16.4 Å². The van der Waals surface area contributed by atoms with Crippen molar-refractivity contribution in [2.75, 3.05) is 13.1 Å². The first-order valence-corrected chi connectivity index (χ1v) is 10.2. The largest absolute Gasteiger partial charge is 0.340 e. The molecule has 3 saturated heterocycles. The van der Waals surface area contributed by atoms with E-state index in [2.05, 4.69) is 5.10 Å². The van der Waals surface area contributed by atoms with E-state index in [1.165, 1.54) is 0 Å². The molecule has 3 aliphatic rings. The average molecular weight is 399 g/mol. The third kappa shape index (κ3) is 2.35. The van der Waals surface area contributed by atoms with Gasteiger partial charge in [-0.25, -0.2) is 4.52 Å². The number of aryl methyl sites for hydroxylation is 1. The van der Waals surface area contributed by atoms with E-state index in [0.29, 0.717) is 24.3 Å². The van der Waals surface area contributed by atoms with E-state index in [1.54, 1.807) is 10.7 Å². The number of benzene rings is 1. The molecule has 0 saturated carbocycles. The SMILES string of the molecule is Cn1c(C(=O)N2CC3C[C@H](C2)N3C(=O)c2cnn3ccccc23)cc2ccccc21. The van der Waals surface area contributed by atoms with Crippen LogP contribution in [0.1, 0.15) is 27.3 Å². The number of aromatic nitrogens is 3. The van der Waals surface area contributed by atoms with Crippen molar-refractivity contribution in [3.05, 3.63) is 72.2 Å². The first-order valence-electron chi connectivity index (χ1n) is 10.2. The topological polar surface area (TPSA) is 62.9 Å². The first-order chi connectivity index (χ1) is 14.6. The van der Waals surface area contributed by atoms with E-state index in [1.807, 2.05) is 76.1 Å². The third-order valence-electron chi connectivity index (χ3n) is 6.54. The van der Waals surface area contributed by atoms with Crippen LogP contribution in [0, 0.1) is 0 Å². The number of rotatable bonds is 2. The van der Waals surface area contributed by atoms with Crippen molar-refractivity contribution in [2.24, 2.45) is 7.05 Å². The number of hydrogen-bond donors (Lipinski definition) is 0. The molecule has 3 fully saturated rings. The molecular formula is C23H21N5O2. The molecule has 0 radical (unpaired) electrons. The Morgan fingerprint density at radius 3 is 2.50 bits per heavy atom. The summed E-state index contributed by atoms with van der Waals surface area (Å²) < 4.78 is 3.68. The molecule has 2 bridgehead atoms. The highest BCUT2D eigenvalue weighted by molar-refractivity contribution is 6.02. The summed E-state index contributed by atoms with van der Waals surface area (Å²) in [5.74, 6) is 0.0423. The maximum Gasteiger partial charge on any atom is 0.270 e. The smallest absolute Gasteiger partial charge is 0.270 e. The Morgan fingerprint density at radius 1 is 0.967 bits per heavy atom. The fourth-order valence-corrected chi connectivity index (χ4v) is 5.00. The van der Waals surface area contributed by atoms with Crippen LogP contribution in [0.3, 0.4) is 0 Å². The quantitative estimate of drug-likeness (QED) is 0.520.